The Morgan fingerprint density at radius 3 is 1.86 bits per heavy atom. The van der Waals surface area contributed by atoms with Crippen LogP contribution >= 0.6 is 0 Å². The molecule has 2 heterocycles. The van der Waals surface area contributed by atoms with E-state index in [1.807, 2.05) is 68.4 Å². The molecule has 4 aromatic rings. The third kappa shape index (κ3) is 3.54. The third-order valence-electron chi connectivity index (χ3n) is 5.07. The van der Waals surface area contributed by atoms with Gasteiger partial charge in [0.15, 0.2) is 0 Å². The molecule has 0 aliphatic carbocycles. The van der Waals surface area contributed by atoms with Crippen molar-refractivity contribution in [3.8, 4) is 5.75 Å². The third-order valence-corrected chi connectivity index (χ3v) is 5.07. The average molecular weight is 390 g/mol. The summed E-state index contributed by atoms with van der Waals surface area (Å²) in [6, 6.07) is 17.4. The van der Waals surface area contributed by atoms with Crippen LogP contribution in [0.15, 0.2) is 64.2 Å². The zero-order chi connectivity index (χ0) is 20.4. The summed E-state index contributed by atoms with van der Waals surface area (Å²) in [5.41, 5.74) is 3.62. The van der Waals surface area contributed by atoms with Crippen LogP contribution in [-0.4, -0.2) is 20.4 Å². The second-order valence-electron chi connectivity index (χ2n) is 6.98. The van der Waals surface area contributed by atoms with Gasteiger partial charge in [0, 0.05) is 17.0 Å². The Morgan fingerprint density at radius 1 is 0.759 bits per heavy atom. The van der Waals surface area contributed by atoms with Crippen LogP contribution in [0.1, 0.15) is 39.6 Å². The predicted molar refractivity (Wildman–Crippen MR) is 110 cm³/mol. The minimum atomic E-state index is -0.577. The number of hydrogen-bond acceptors (Lipinski definition) is 3. The van der Waals surface area contributed by atoms with E-state index < -0.39 is 5.92 Å². The van der Waals surface area contributed by atoms with Crippen molar-refractivity contribution in [2.45, 2.75) is 26.4 Å². The second-order valence-corrected chi connectivity index (χ2v) is 6.98. The maximum Gasteiger partial charge on any atom is 0.268 e. The number of rotatable bonds is 6. The number of aromatic amines is 4. The zero-order valence-corrected chi connectivity index (χ0v) is 16.2. The van der Waals surface area contributed by atoms with Crippen LogP contribution in [0.25, 0.3) is 0 Å². The number of H-pyrrole nitrogens is 4. The first-order valence-electron chi connectivity index (χ1n) is 9.36. The van der Waals surface area contributed by atoms with Gasteiger partial charge < -0.3 is 14.9 Å². The number of aryl methyl sites for hydroxylation is 2. The number of ether oxygens (including phenoxy) is 1. The smallest absolute Gasteiger partial charge is 0.268 e. The van der Waals surface area contributed by atoms with Gasteiger partial charge in [0.1, 0.15) is 12.4 Å². The molecule has 0 amide bonds. The largest absolute Gasteiger partial charge is 0.489 e. The first-order valence-corrected chi connectivity index (χ1v) is 9.36. The molecule has 0 saturated carbocycles. The summed E-state index contributed by atoms with van der Waals surface area (Å²) < 4.78 is 6.11. The Labute approximate surface area is 166 Å². The lowest BCUT2D eigenvalue weighted by Crippen LogP contribution is -2.21. The number of aromatic nitrogens is 4. The van der Waals surface area contributed by atoms with Crippen LogP contribution in [0, 0.1) is 13.8 Å². The van der Waals surface area contributed by atoms with E-state index >= 15 is 0 Å². The topological polar surface area (TPSA) is 107 Å². The molecule has 0 aliphatic rings. The maximum atomic E-state index is 12.6. The summed E-state index contributed by atoms with van der Waals surface area (Å²) in [6.45, 7) is 4.00. The summed E-state index contributed by atoms with van der Waals surface area (Å²) >= 11 is 0. The standard InChI is InChI=1S/C22H22N4O3/c1-13-18(21(27)25-23-13)20(19-14(2)24-26-22(19)28)16-10-6-7-11-17(16)29-12-15-8-4-3-5-9-15/h3-11,20H,12H2,1-2H3,(H2,23,25,27)(H2,24,26,28). The van der Waals surface area contributed by atoms with Crippen molar-refractivity contribution in [3.05, 3.63) is 109 Å². The first-order chi connectivity index (χ1) is 14.1. The molecule has 7 nitrogen and oxygen atoms in total. The second kappa shape index (κ2) is 7.71. The van der Waals surface area contributed by atoms with Crippen LogP contribution in [0.5, 0.6) is 5.75 Å². The highest BCUT2D eigenvalue weighted by Crippen LogP contribution is 2.36. The van der Waals surface area contributed by atoms with Crippen LogP contribution in [-0.2, 0) is 6.61 Å². The lowest BCUT2D eigenvalue weighted by atomic mass is 9.85. The fourth-order valence-corrected chi connectivity index (χ4v) is 3.65. The van der Waals surface area contributed by atoms with Crippen molar-refractivity contribution >= 4 is 0 Å². The molecule has 0 spiro atoms. The summed E-state index contributed by atoms with van der Waals surface area (Å²) in [4.78, 5) is 25.2. The fourth-order valence-electron chi connectivity index (χ4n) is 3.65. The molecule has 148 valence electrons. The summed E-state index contributed by atoms with van der Waals surface area (Å²) in [6.07, 6.45) is 0. The summed E-state index contributed by atoms with van der Waals surface area (Å²) in [7, 11) is 0. The highest BCUT2D eigenvalue weighted by molar-refractivity contribution is 5.50. The van der Waals surface area contributed by atoms with Crippen molar-refractivity contribution in [2.24, 2.45) is 0 Å². The van der Waals surface area contributed by atoms with Gasteiger partial charge in [-0.2, -0.15) is 0 Å². The van der Waals surface area contributed by atoms with Gasteiger partial charge in [-0.05, 0) is 25.5 Å². The van der Waals surface area contributed by atoms with Gasteiger partial charge in [-0.15, -0.1) is 0 Å². The number of para-hydroxylation sites is 1. The molecule has 2 aromatic heterocycles. The molecular weight excluding hydrogens is 368 g/mol. The summed E-state index contributed by atoms with van der Waals surface area (Å²) in [5, 5.41) is 11.0. The van der Waals surface area contributed by atoms with Crippen molar-refractivity contribution in [3.63, 3.8) is 0 Å². The van der Waals surface area contributed by atoms with E-state index in [1.54, 1.807) is 0 Å². The molecule has 0 bridgehead atoms. The molecule has 0 fully saturated rings. The van der Waals surface area contributed by atoms with Crippen LogP contribution in [0.3, 0.4) is 0 Å². The molecule has 4 rings (SSSR count). The zero-order valence-electron chi connectivity index (χ0n) is 16.2. The Balaban J connectivity index is 1.84. The van der Waals surface area contributed by atoms with E-state index in [9.17, 15) is 9.59 Å². The SMILES string of the molecule is Cc1[nH][nH]c(=O)c1C(c1ccccc1OCc1ccccc1)c1c(C)[nH][nH]c1=O. The van der Waals surface area contributed by atoms with Crippen molar-refractivity contribution < 1.29 is 4.74 Å². The van der Waals surface area contributed by atoms with E-state index in [0.717, 1.165) is 11.1 Å². The van der Waals surface area contributed by atoms with E-state index in [0.29, 0.717) is 34.9 Å². The Kier molecular flexibility index (Phi) is 4.95. The quantitative estimate of drug-likeness (QED) is 0.406. The van der Waals surface area contributed by atoms with Gasteiger partial charge in [-0.1, -0.05) is 48.5 Å². The molecule has 2 aromatic carbocycles. The predicted octanol–water partition coefficient (Wildman–Crippen LogP) is 3.10. The van der Waals surface area contributed by atoms with E-state index in [-0.39, 0.29) is 11.1 Å². The van der Waals surface area contributed by atoms with Crippen LogP contribution < -0.4 is 15.9 Å². The Hall–Kier alpha value is -3.74. The van der Waals surface area contributed by atoms with E-state index in [1.165, 1.54) is 0 Å². The highest BCUT2D eigenvalue weighted by Gasteiger charge is 2.30. The molecule has 0 aliphatic heterocycles. The monoisotopic (exact) mass is 390 g/mol. The molecule has 7 heteroatoms. The normalized spacial score (nSPS) is 11.1. The fraction of sp³-hybridized carbons (Fsp3) is 0.182. The maximum absolute atomic E-state index is 12.6. The molecular formula is C22H22N4O3. The van der Waals surface area contributed by atoms with Crippen molar-refractivity contribution in [1.82, 2.24) is 20.4 Å². The highest BCUT2D eigenvalue weighted by atomic mass is 16.5. The summed E-state index contributed by atoms with van der Waals surface area (Å²) in [5.74, 6) is 0.0494. The number of benzene rings is 2. The molecule has 0 radical (unpaired) electrons. The van der Waals surface area contributed by atoms with Crippen LogP contribution in [0.2, 0.25) is 0 Å². The van der Waals surface area contributed by atoms with Gasteiger partial charge in [0.2, 0.25) is 0 Å². The molecule has 4 N–H and O–H groups in total. The van der Waals surface area contributed by atoms with Gasteiger partial charge in [-0.25, -0.2) is 0 Å². The Morgan fingerprint density at radius 2 is 1.31 bits per heavy atom. The number of nitrogens with one attached hydrogen (secondary N) is 4. The molecule has 0 atom stereocenters. The van der Waals surface area contributed by atoms with Gasteiger partial charge in [0.05, 0.1) is 17.0 Å². The Bertz CT molecular complexity index is 1180. The van der Waals surface area contributed by atoms with Gasteiger partial charge in [-0.3, -0.25) is 19.8 Å². The van der Waals surface area contributed by atoms with Gasteiger partial charge >= 0.3 is 0 Å². The molecule has 0 saturated heterocycles. The van der Waals surface area contributed by atoms with Crippen molar-refractivity contribution in [2.75, 3.05) is 0 Å². The average Bonchev–Trinajstić information content (AvgIpc) is 3.24. The molecule has 0 unspecified atom stereocenters. The lowest BCUT2D eigenvalue weighted by Gasteiger charge is -2.20. The van der Waals surface area contributed by atoms with E-state index in [2.05, 4.69) is 20.4 Å². The van der Waals surface area contributed by atoms with Crippen LogP contribution in [0.4, 0.5) is 0 Å². The van der Waals surface area contributed by atoms with Crippen molar-refractivity contribution in [1.29, 1.82) is 0 Å². The minimum Gasteiger partial charge on any atom is -0.489 e. The van der Waals surface area contributed by atoms with E-state index in [4.69, 9.17) is 4.74 Å². The number of hydrogen-bond donors (Lipinski definition) is 4. The molecule has 29 heavy (non-hydrogen) atoms. The first kappa shape index (κ1) is 18.6. The lowest BCUT2D eigenvalue weighted by molar-refractivity contribution is 0.302. The van der Waals surface area contributed by atoms with Gasteiger partial charge in [0.25, 0.3) is 11.1 Å². The minimum absolute atomic E-state index is 0.259.